The number of benzene rings is 2. The van der Waals surface area contributed by atoms with Gasteiger partial charge in [0.1, 0.15) is 0 Å². The van der Waals surface area contributed by atoms with E-state index < -0.39 is 0 Å². The van der Waals surface area contributed by atoms with Crippen molar-refractivity contribution in [2.45, 2.75) is 39.0 Å². The molecule has 1 saturated carbocycles. The first-order valence-electron chi connectivity index (χ1n) is 10.9. The minimum atomic E-state index is 0.0868. The third-order valence-electron chi connectivity index (χ3n) is 6.01. The number of hydrogen-bond donors (Lipinski definition) is 1. The average Bonchev–Trinajstić information content (AvgIpc) is 3.59. The molecule has 2 amide bonds. The Balaban J connectivity index is 1.32. The van der Waals surface area contributed by atoms with E-state index in [-0.39, 0.29) is 23.1 Å². The van der Waals surface area contributed by atoms with Crippen LogP contribution in [0.4, 0.5) is 11.4 Å². The predicted octanol–water partition coefficient (Wildman–Crippen LogP) is 4.30. The Labute approximate surface area is 179 Å². The third kappa shape index (κ3) is 4.66. The van der Waals surface area contributed by atoms with Gasteiger partial charge in [-0.3, -0.25) is 9.59 Å². The molecule has 0 atom stereocenters. The Morgan fingerprint density at radius 3 is 2.00 bits per heavy atom. The normalized spacial score (nSPS) is 17.0. The van der Waals surface area contributed by atoms with Crippen LogP contribution in [0.15, 0.2) is 48.5 Å². The molecule has 2 fully saturated rings. The van der Waals surface area contributed by atoms with E-state index in [9.17, 15) is 9.59 Å². The molecule has 1 N–H and O–H groups in total. The number of anilines is 2. The van der Waals surface area contributed by atoms with E-state index in [1.165, 1.54) is 5.56 Å². The van der Waals surface area contributed by atoms with Gasteiger partial charge in [-0.1, -0.05) is 32.9 Å². The maximum Gasteiger partial charge on any atom is 0.253 e. The van der Waals surface area contributed by atoms with Gasteiger partial charge in [-0.2, -0.15) is 0 Å². The van der Waals surface area contributed by atoms with Crippen LogP contribution in [-0.4, -0.2) is 42.9 Å². The van der Waals surface area contributed by atoms with E-state index in [1.807, 2.05) is 41.3 Å². The van der Waals surface area contributed by atoms with Crippen LogP contribution < -0.4 is 10.2 Å². The monoisotopic (exact) mass is 405 g/mol. The molecule has 4 rings (SSSR count). The fourth-order valence-electron chi connectivity index (χ4n) is 3.81. The van der Waals surface area contributed by atoms with Gasteiger partial charge < -0.3 is 15.1 Å². The van der Waals surface area contributed by atoms with Crippen LogP contribution >= 0.6 is 0 Å². The molecule has 2 aromatic carbocycles. The summed E-state index contributed by atoms with van der Waals surface area (Å²) in [5, 5.41) is 2.98. The molecule has 158 valence electrons. The van der Waals surface area contributed by atoms with Crippen molar-refractivity contribution in [3.8, 4) is 0 Å². The summed E-state index contributed by atoms with van der Waals surface area (Å²) < 4.78 is 0. The van der Waals surface area contributed by atoms with Crippen molar-refractivity contribution >= 4 is 23.2 Å². The number of rotatable bonds is 4. The van der Waals surface area contributed by atoms with Crippen molar-refractivity contribution in [2.24, 2.45) is 5.92 Å². The van der Waals surface area contributed by atoms with Gasteiger partial charge in [-0.05, 0) is 60.2 Å². The van der Waals surface area contributed by atoms with Crippen LogP contribution in [0.1, 0.15) is 49.5 Å². The van der Waals surface area contributed by atoms with Gasteiger partial charge in [0.25, 0.3) is 5.91 Å². The molecular weight excluding hydrogens is 374 g/mol. The summed E-state index contributed by atoms with van der Waals surface area (Å²) in [6, 6.07) is 16.0. The second-order valence-electron chi connectivity index (χ2n) is 9.42. The van der Waals surface area contributed by atoms with Crippen molar-refractivity contribution < 1.29 is 9.59 Å². The summed E-state index contributed by atoms with van der Waals surface area (Å²) in [5.74, 6) is 0.443. The Bertz CT molecular complexity index is 901. The van der Waals surface area contributed by atoms with E-state index in [0.717, 1.165) is 42.9 Å². The fourth-order valence-corrected chi connectivity index (χ4v) is 3.81. The summed E-state index contributed by atoms with van der Waals surface area (Å²) in [5.41, 5.74) is 4.06. The molecule has 1 aliphatic carbocycles. The summed E-state index contributed by atoms with van der Waals surface area (Å²) in [6.45, 7) is 9.56. The number of nitrogens with zero attached hydrogens (tertiary/aromatic N) is 2. The van der Waals surface area contributed by atoms with Crippen LogP contribution in [0.3, 0.4) is 0 Å². The van der Waals surface area contributed by atoms with Crippen LogP contribution in [-0.2, 0) is 10.2 Å². The molecular formula is C25H31N3O2. The zero-order valence-electron chi connectivity index (χ0n) is 18.1. The maximum atomic E-state index is 12.9. The lowest BCUT2D eigenvalue weighted by Crippen LogP contribution is -2.48. The zero-order chi connectivity index (χ0) is 21.3. The molecule has 5 heteroatoms. The number of carbonyl (C=O) groups excluding carboxylic acids is 2. The summed E-state index contributed by atoms with van der Waals surface area (Å²) >= 11 is 0. The van der Waals surface area contributed by atoms with Crippen molar-refractivity contribution in [1.82, 2.24) is 4.90 Å². The zero-order valence-corrected chi connectivity index (χ0v) is 18.1. The number of nitrogens with one attached hydrogen (secondary N) is 1. The Morgan fingerprint density at radius 2 is 1.47 bits per heavy atom. The Morgan fingerprint density at radius 1 is 0.867 bits per heavy atom. The summed E-state index contributed by atoms with van der Waals surface area (Å²) in [4.78, 5) is 29.0. The Hall–Kier alpha value is -2.82. The van der Waals surface area contributed by atoms with Gasteiger partial charge in [0.15, 0.2) is 0 Å². The van der Waals surface area contributed by atoms with E-state index in [1.54, 1.807) is 0 Å². The van der Waals surface area contributed by atoms with Gasteiger partial charge in [0.05, 0.1) is 0 Å². The van der Waals surface area contributed by atoms with Crippen molar-refractivity contribution in [1.29, 1.82) is 0 Å². The number of carbonyl (C=O) groups is 2. The highest BCUT2D eigenvalue weighted by Crippen LogP contribution is 2.30. The van der Waals surface area contributed by atoms with Gasteiger partial charge >= 0.3 is 0 Å². The van der Waals surface area contributed by atoms with Gasteiger partial charge in [0, 0.05) is 49.0 Å². The molecule has 30 heavy (non-hydrogen) atoms. The van der Waals surface area contributed by atoms with Crippen LogP contribution in [0, 0.1) is 5.92 Å². The molecule has 0 aromatic heterocycles. The van der Waals surface area contributed by atoms with Gasteiger partial charge in [-0.15, -0.1) is 0 Å². The molecule has 5 nitrogen and oxygen atoms in total. The minimum Gasteiger partial charge on any atom is -0.368 e. The smallest absolute Gasteiger partial charge is 0.253 e. The molecule has 1 heterocycles. The SMILES string of the molecule is CC(C)(C)c1ccc(C(=O)N2CCN(c3ccc(NC(=O)C4CC4)cc3)CC2)cc1. The summed E-state index contributed by atoms with van der Waals surface area (Å²) in [7, 11) is 0. The highest BCUT2D eigenvalue weighted by atomic mass is 16.2. The van der Waals surface area contributed by atoms with Crippen molar-refractivity contribution in [3.05, 3.63) is 59.7 Å². The molecule has 2 aromatic rings. The standard InChI is InChI=1S/C25H31N3O2/c1-25(2,3)20-8-6-19(7-9-20)24(30)28-16-14-27(15-17-28)22-12-10-21(11-13-22)26-23(29)18-4-5-18/h6-13,18H,4-5,14-17H2,1-3H3,(H,26,29). The van der Waals surface area contributed by atoms with Crippen LogP contribution in [0.2, 0.25) is 0 Å². The molecule has 2 aliphatic rings. The molecule has 0 spiro atoms. The third-order valence-corrected chi connectivity index (χ3v) is 6.01. The largest absolute Gasteiger partial charge is 0.368 e. The second kappa shape index (κ2) is 8.13. The number of piperazine rings is 1. The molecule has 1 saturated heterocycles. The molecule has 1 aliphatic heterocycles. The second-order valence-corrected chi connectivity index (χ2v) is 9.42. The predicted molar refractivity (Wildman–Crippen MR) is 121 cm³/mol. The first kappa shape index (κ1) is 20.5. The first-order chi connectivity index (χ1) is 14.3. The highest BCUT2D eigenvalue weighted by molar-refractivity contribution is 5.95. The highest BCUT2D eigenvalue weighted by Gasteiger charge is 2.29. The van der Waals surface area contributed by atoms with E-state index >= 15 is 0 Å². The van der Waals surface area contributed by atoms with Crippen molar-refractivity contribution in [2.75, 3.05) is 36.4 Å². The van der Waals surface area contributed by atoms with E-state index in [4.69, 9.17) is 0 Å². The minimum absolute atomic E-state index is 0.0868. The summed E-state index contributed by atoms with van der Waals surface area (Å²) in [6.07, 6.45) is 2.02. The average molecular weight is 406 g/mol. The maximum absolute atomic E-state index is 12.9. The molecule has 0 unspecified atom stereocenters. The first-order valence-corrected chi connectivity index (χ1v) is 10.9. The fraction of sp³-hybridized carbons (Fsp3) is 0.440. The van der Waals surface area contributed by atoms with E-state index in [0.29, 0.717) is 13.1 Å². The van der Waals surface area contributed by atoms with Crippen LogP contribution in [0.25, 0.3) is 0 Å². The molecule has 0 bridgehead atoms. The number of amides is 2. The number of hydrogen-bond acceptors (Lipinski definition) is 3. The lowest BCUT2D eigenvalue weighted by Gasteiger charge is -2.36. The van der Waals surface area contributed by atoms with Gasteiger partial charge in [0.2, 0.25) is 5.91 Å². The van der Waals surface area contributed by atoms with Crippen LogP contribution in [0.5, 0.6) is 0 Å². The lowest BCUT2D eigenvalue weighted by molar-refractivity contribution is -0.117. The topological polar surface area (TPSA) is 52.7 Å². The van der Waals surface area contributed by atoms with E-state index in [2.05, 4.69) is 43.1 Å². The van der Waals surface area contributed by atoms with Gasteiger partial charge in [-0.25, -0.2) is 0 Å². The van der Waals surface area contributed by atoms with Crippen molar-refractivity contribution in [3.63, 3.8) is 0 Å². The lowest BCUT2D eigenvalue weighted by atomic mass is 9.86. The molecule has 0 radical (unpaired) electrons. The quantitative estimate of drug-likeness (QED) is 0.825. The Kier molecular flexibility index (Phi) is 5.54.